The van der Waals surface area contributed by atoms with E-state index >= 15 is 0 Å². The first kappa shape index (κ1) is 8.13. The van der Waals surface area contributed by atoms with Gasteiger partial charge in [0, 0.05) is 5.75 Å². The van der Waals surface area contributed by atoms with Gasteiger partial charge in [-0.25, -0.2) is 0 Å². The maximum absolute atomic E-state index is 8.47. The Kier molecular flexibility index (Phi) is 2.41. The molecule has 0 aromatic carbocycles. The predicted octanol–water partition coefficient (Wildman–Crippen LogP) is -0.00830. The molecular formula is C5H9BO3S. The van der Waals surface area contributed by atoms with Crippen molar-refractivity contribution in [3.63, 3.8) is 0 Å². The molecule has 1 heterocycles. The van der Waals surface area contributed by atoms with E-state index in [4.69, 9.17) is 14.7 Å². The van der Waals surface area contributed by atoms with Gasteiger partial charge in [0.25, 0.3) is 0 Å². The van der Waals surface area contributed by atoms with Gasteiger partial charge in [-0.3, -0.25) is 0 Å². The summed E-state index contributed by atoms with van der Waals surface area (Å²) in [5, 5.41) is 18.8. The Labute approximate surface area is 64.3 Å². The molecule has 0 spiro atoms. The van der Waals surface area contributed by atoms with Crippen LogP contribution in [0.3, 0.4) is 0 Å². The summed E-state index contributed by atoms with van der Waals surface area (Å²) in [6.45, 7) is 1.81. The van der Waals surface area contributed by atoms with Crippen LogP contribution in [0.5, 0.6) is 0 Å². The Hall–Kier alpha value is 0.0349. The third-order valence-electron chi connectivity index (χ3n) is 1.26. The Morgan fingerprint density at radius 2 is 2.40 bits per heavy atom. The first-order valence-corrected chi connectivity index (χ1v) is 4.00. The first-order chi connectivity index (χ1) is 4.62. The summed E-state index contributed by atoms with van der Waals surface area (Å²) in [6, 6.07) is 0. The van der Waals surface area contributed by atoms with Crippen LogP contribution >= 0.6 is 11.8 Å². The van der Waals surface area contributed by atoms with E-state index in [1.54, 1.807) is 11.8 Å². The Bertz CT molecular complexity index is 150. The van der Waals surface area contributed by atoms with Crippen molar-refractivity contribution < 1.29 is 14.7 Å². The topological polar surface area (TPSA) is 49.7 Å². The SMILES string of the molecule is CC1(OB(O)O)C=CSC1. The standard InChI is InChI=1S/C5H9BO3S/c1-5(9-6(7)8)2-3-10-4-5/h2-3,7-8H,4H2,1H3. The lowest BCUT2D eigenvalue weighted by molar-refractivity contribution is 0.0927. The van der Waals surface area contributed by atoms with Crippen LogP contribution in [-0.2, 0) is 4.65 Å². The zero-order valence-electron chi connectivity index (χ0n) is 5.65. The van der Waals surface area contributed by atoms with Crippen LogP contribution in [0.4, 0.5) is 0 Å². The highest BCUT2D eigenvalue weighted by Gasteiger charge is 2.30. The molecule has 0 aromatic rings. The highest BCUT2D eigenvalue weighted by molar-refractivity contribution is 8.02. The highest BCUT2D eigenvalue weighted by atomic mass is 32.2. The van der Waals surface area contributed by atoms with E-state index in [-0.39, 0.29) is 0 Å². The van der Waals surface area contributed by atoms with Crippen molar-refractivity contribution in [3.8, 4) is 0 Å². The quantitative estimate of drug-likeness (QED) is 0.558. The van der Waals surface area contributed by atoms with Gasteiger partial charge in [0.15, 0.2) is 0 Å². The molecule has 0 bridgehead atoms. The van der Waals surface area contributed by atoms with Gasteiger partial charge in [0.2, 0.25) is 0 Å². The normalized spacial score (nSPS) is 31.1. The molecule has 0 saturated carbocycles. The third kappa shape index (κ3) is 2.02. The highest BCUT2D eigenvalue weighted by Crippen LogP contribution is 2.27. The van der Waals surface area contributed by atoms with E-state index in [0.29, 0.717) is 0 Å². The first-order valence-electron chi connectivity index (χ1n) is 2.96. The molecule has 5 heteroatoms. The molecule has 0 aliphatic carbocycles. The van der Waals surface area contributed by atoms with Crippen LogP contribution in [0.15, 0.2) is 11.5 Å². The van der Waals surface area contributed by atoms with Gasteiger partial charge in [-0.15, -0.1) is 11.8 Å². The summed E-state index contributed by atoms with van der Waals surface area (Å²) in [5.41, 5.74) is -0.501. The fourth-order valence-electron chi connectivity index (χ4n) is 0.768. The third-order valence-corrected chi connectivity index (χ3v) is 2.33. The van der Waals surface area contributed by atoms with Gasteiger partial charge in [0.05, 0.1) is 5.60 Å². The van der Waals surface area contributed by atoms with Crippen molar-refractivity contribution in [2.75, 3.05) is 5.75 Å². The van der Waals surface area contributed by atoms with Gasteiger partial charge in [-0.2, -0.15) is 0 Å². The molecule has 1 atom stereocenters. The molecule has 0 saturated heterocycles. The number of hydrogen-bond donors (Lipinski definition) is 2. The minimum absolute atomic E-state index is 0.501. The van der Waals surface area contributed by atoms with Gasteiger partial charge in [-0.05, 0) is 18.4 Å². The molecular weight excluding hydrogens is 151 g/mol. The molecule has 10 heavy (non-hydrogen) atoms. The molecule has 1 rings (SSSR count). The fraction of sp³-hybridized carbons (Fsp3) is 0.600. The summed E-state index contributed by atoms with van der Waals surface area (Å²) in [5.74, 6) is 0.741. The number of hydrogen-bond acceptors (Lipinski definition) is 4. The van der Waals surface area contributed by atoms with E-state index in [9.17, 15) is 0 Å². The Morgan fingerprint density at radius 1 is 1.70 bits per heavy atom. The summed E-state index contributed by atoms with van der Waals surface area (Å²) in [4.78, 5) is 0. The molecule has 56 valence electrons. The molecule has 1 aliphatic heterocycles. The monoisotopic (exact) mass is 160 g/mol. The van der Waals surface area contributed by atoms with Crippen molar-refractivity contribution >= 4 is 19.1 Å². The molecule has 0 radical (unpaired) electrons. The summed E-state index contributed by atoms with van der Waals surface area (Å²) < 4.78 is 4.80. The zero-order valence-corrected chi connectivity index (χ0v) is 6.47. The lowest BCUT2D eigenvalue weighted by atomic mass is 10.1. The van der Waals surface area contributed by atoms with Crippen LogP contribution < -0.4 is 0 Å². The van der Waals surface area contributed by atoms with Crippen molar-refractivity contribution in [3.05, 3.63) is 11.5 Å². The summed E-state index contributed by atoms with van der Waals surface area (Å²) in [6.07, 6.45) is 1.82. The second-order valence-electron chi connectivity index (χ2n) is 2.37. The lowest BCUT2D eigenvalue weighted by Gasteiger charge is -2.21. The average Bonchev–Trinajstić information content (AvgIpc) is 2.12. The number of rotatable bonds is 2. The minimum Gasteiger partial charge on any atom is -0.402 e. The van der Waals surface area contributed by atoms with Crippen LogP contribution in [0.1, 0.15) is 6.92 Å². The Balaban J connectivity index is 2.44. The van der Waals surface area contributed by atoms with Crippen LogP contribution in [-0.4, -0.2) is 28.7 Å². The molecule has 1 aliphatic rings. The molecule has 0 aromatic heterocycles. The van der Waals surface area contributed by atoms with Gasteiger partial charge in [-0.1, -0.05) is 0 Å². The fourth-order valence-corrected chi connectivity index (χ4v) is 1.74. The van der Waals surface area contributed by atoms with Gasteiger partial charge in [0.1, 0.15) is 0 Å². The molecule has 2 N–H and O–H groups in total. The van der Waals surface area contributed by atoms with E-state index in [2.05, 4.69) is 0 Å². The molecule has 1 unspecified atom stereocenters. The molecule has 0 amide bonds. The van der Waals surface area contributed by atoms with Crippen LogP contribution in [0.25, 0.3) is 0 Å². The molecule has 3 nitrogen and oxygen atoms in total. The van der Waals surface area contributed by atoms with Crippen LogP contribution in [0, 0.1) is 0 Å². The summed E-state index contributed by atoms with van der Waals surface area (Å²) >= 11 is 1.60. The van der Waals surface area contributed by atoms with Crippen molar-refractivity contribution in [2.24, 2.45) is 0 Å². The van der Waals surface area contributed by atoms with Crippen molar-refractivity contribution in [1.82, 2.24) is 0 Å². The maximum Gasteiger partial charge on any atom is 0.634 e. The van der Waals surface area contributed by atoms with Crippen LogP contribution in [0.2, 0.25) is 0 Å². The smallest absolute Gasteiger partial charge is 0.402 e. The zero-order chi connectivity index (χ0) is 7.61. The largest absolute Gasteiger partial charge is 0.634 e. The average molecular weight is 160 g/mol. The minimum atomic E-state index is -1.67. The lowest BCUT2D eigenvalue weighted by Crippen LogP contribution is -2.35. The molecule has 0 fully saturated rings. The predicted molar refractivity (Wildman–Crippen MR) is 41.3 cm³/mol. The van der Waals surface area contributed by atoms with Gasteiger partial charge < -0.3 is 14.7 Å². The van der Waals surface area contributed by atoms with E-state index in [1.165, 1.54) is 0 Å². The van der Waals surface area contributed by atoms with Crippen molar-refractivity contribution in [1.29, 1.82) is 0 Å². The maximum atomic E-state index is 8.47. The van der Waals surface area contributed by atoms with E-state index in [0.717, 1.165) is 5.75 Å². The number of thioether (sulfide) groups is 1. The van der Waals surface area contributed by atoms with Gasteiger partial charge >= 0.3 is 7.32 Å². The second kappa shape index (κ2) is 2.96. The summed E-state index contributed by atoms with van der Waals surface area (Å²) in [7, 11) is -1.67. The van der Waals surface area contributed by atoms with E-state index in [1.807, 2.05) is 18.4 Å². The van der Waals surface area contributed by atoms with Crippen molar-refractivity contribution in [2.45, 2.75) is 12.5 Å². The van der Waals surface area contributed by atoms with E-state index < -0.39 is 12.9 Å². The second-order valence-corrected chi connectivity index (χ2v) is 3.26. The Morgan fingerprint density at radius 3 is 2.80 bits per heavy atom.